The van der Waals surface area contributed by atoms with Gasteiger partial charge in [-0.25, -0.2) is 0 Å². The molecule has 0 saturated carbocycles. The molecular formula is C13H29NO. The van der Waals surface area contributed by atoms with E-state index in [-0.39, 0.29) is 0 Å². The van der Waals surface area contributed by atoms with Crippen molar-refractivity contribution in [2.45, 2.75) is 59.4 Å². The molecule has 0 aliphatic heterocycles. The van der Waals surface area contributed by atoms with Gasteiger partial charge in [0.2, 0.25) is 0 Å². The van der Waals surface area contributed by atoms with Crippen molar-refractivity contribution in [3.05, 3.63) is 0 Å². The van der Waals surface area contributed by atoms with Gasteiger partial charge in [-0.05, 0) is 38.1 Å². The maximum absolute atomic E-state index is 5.55. The molecule has 92 valence electrons. The van der Waals surface area contributed by atoms with Gasteiger partial charge in [-0.2, -0.15) is 0 Å². The molecule has 2 nitrogen and oxygen atoms in total. The zero-order valence-electron chi connectivity index (χ0n) is 11.0. The summed E-state index contributed by atoms with van der Waals surface area (Å²) in [5.74, 6) is 0.764. The molecular weight excluding hydrogens is 186 g/mol. The van der Waals surface area contributed by atoms with E-state index in [0.29, 0.717) is 6.04 Å². The molecule has 0 aromatic carbocycles. The van der Waals surface area contributed by atoms with Crippen LogP contribution in [0.25, 0.3) is 0 Å². The summed E-state index contributed by atoms with van der Waals surface area (Å²) >= 11 is 0. The highest BCUT2D eigenvalue weighted by atomic mass is 16.5. The molecule has 2 heteroatoms. The smallest absolute Gasteiger partial charge is 0.0468 e. The van der Waals surface area contributed by atoms with E-state index in [4.69, 9.17) is 4.74 Å². The Kier molecular flexibility index (Phi) is 10.4. The fourth-order valence-electron chi connectivity index (χ4n) is 1.32. The quantitative estimate of drug-likeness (QED) is 0.565. The zero-order chi connectivity index (χ0) is 11.5. The summed E-state index contributed by atoms with van der Waals surface area (Å²) in [7, 11) is 0. The summed E-state index contributed by atoms with van der Waals surface area (Å²) in [6.07, 6.45) is 4.94. The van der Waals surface area contributed by atoms with E-state index >= 15 is 0 Å². The third kappa shape index (κ3) is 13.9. The van der Waals surface area contributed by atoms with E-state index < -0.39 is 0 Å². The van der Waals surface area contributed by atoms with Crippen molar-refractivity contribution in [3.8, 4) is 0 Å². The highest BCUT2D eigenvalue weighted by molar-refractivity contribution is 4.52. The molecule has 0 heterocycles. The van der Waals surface area contributed by atoms with E-state index in [1.165, 1.54) is 25.7 Å². The lowest BCUT2D eigenvalue weighted by Crippen LogP contribution is -2.23. The van der Waals surface area contributed by atoms with Crippen molar-refractivity contribution in [2.24, 2.45) is 5.92 Å². The molecule has 0 unspecified atom stereocenters. The fraction of sp³-hybridized carbons (Fsp3) is 1.00. The normalized spacial score (nSPS) is 11.6. The first kappa shape index (κ1) is 14.9. The topological polar surface area (TPSA) is 21.3 Å². The van der Waals surface area contributed by atoms with Crippen LogP contribution in [0.5, 0.6) is 0 Å². The van der Waals surface area contributed by atoms with Gasteiger partial charge in [-0.3, -0.25) is 0 Å². The second kappa shape index (κ2) is 10.4. The van der Waals surface area contributed by atoms with Crippen molar-refractivity contribution < 1.29 is 4.74 Å². The maximum Gasteiger partial charge on any atom is 0.0468 e. The van der Waals surface area contributed by atoms with Gasteiger partial charge in [0.15, 0.2) is 0 Å². The van der Waals surface area contributed by atoms with Crippen molar-refractivity contribution >= 4 is 0 Å². The minimum atomic E-state index is 0.618. The number of hydrogen-bond donors (Lipinski definition) is 1. The lowest BCUT2D eigenvalue weighted by molar-refractivity contribution is 0.119. The minimum Gasteiger partial charge on any atom is -0.381 e. The molecule has 0 bridgehead atoms. The molecule has 0 aliphatic carbocycles. The Labute approximate surface area is 95.8 Å². The van der Waals surface area contributed by atoms with Crippen molar-refractivity contribution in [1.82, 2.24) is 5.32 Å². The monoisotopic (exact) mass is 215 g/mol. The van der Waals surface area contributed by atoms with E-state index in [1.54, 1.807) is 0 Å². The summed E-state index contributed by atoms with van der Waals surface area (Å²) in [6.45, 7) is 11.9. The summed E-state index contributed by atoms with van der Waals surface area (Å²) in [4.78, 5) is 0. The average molecular weight is 215 g/mol. The SMILES string of the molecule is CC(C)CCOCCCCCNC(C)C. The fourth-order valence-corrected chi connectivity index (χ4v) is 1.32. The van der Waals surface area contributed by atoms with Gasteiger partial charge in [0.1, 0.15) is 0 Å². The van der Waals surface area contributed by atoms with Crippen LogP contribution < -0.4 is 5.32 Å². The lowest BCUT2D eigenvalue weighted by atomic mass is 10.1. The second-order valence-electron chi connectivity index (χ2n) is 4.96. The first-order chi connectivity index (χ1) is 7.13. The summed E-state index contributed by atoms with van der Waals surface area (Å²) in [6, 6.07) is 0.618. The first-order valence-corrected chi connectivity index (χ1v) is 6.44. The standard InChI is InChI=1S/C13H29NO/c1-12(2)8-11-15-10-7-5-6-9-14-13(3)4/h12-14H,5-11H2,1-4H3. The van der Waals surface area contributed by atoms with Crippen LogP contribution in [-0.4, -0.2) is 25.8 Å². The number of hydrogen-bond acceptors (Lipinski definition) is 2. The molecule has 0 aromatic rings. The Balaban J connectivity index is 2.93. The summed E-state index contributed by atoms with van der Waals surface area (Å²) in [5, 5.41) is 3.42. The predicted octanol–water partition coefficient (Wildman–Crippen LogP) is 3.22. The van der Waals surface area contributed by atoms with Crippen LogP contribution in [0.4, 0.5) is 0 Å². The van der Waals surface area contributed by atoms with Crippen LogP contribution >= 0.6 is 0 Å². The van der Waals surface area contributed by atoms with E-state index in [2.05, 4.69) is 33.0 Å². The van der Waals surface area contributed by atoms with E-state index in [1.807, 2.05) is 0 Å². The minimum absolute atomic E-state index is 0.618. The van der Waals surface area contributed by atoms with Crippen LogP contribution in [-0.2, 0) is 4.74 Å². The van der Waals surface area contributed by atoms with Gasteiger partial charge in [0.25, 0.3) is 0 Å². The summed E-state index contributed by atoms with van der Waals surface area (Å²) in [5.41, 5.74) is 0. The predicted molar refractivity (Wildman–Crippen MR) is 67.3 cm³/mol. The van der Waals surface area contributed by atoms with Gasteiger partial charge in [0, 0.05) is 19.3 Å². The number of ether oxygens (including phenoxy) is 1. The van der Waals surface area contributed by atoms with Crippen LogP contribution in [0, 0.1) is 5.92 Å². The molecule has 0 aromatic heterocycles. The van der Waals surface area contributed by atoms with Crippen molar-refractivity contribution in [1.29, 1.82) is 0 Å². The van der Waals surface area contributed by atoms with Gasteiger partial charge >= 0.3 is 0 Å². The Morgan fingerprint density at radius 2 is 1.67 bits per heavy atom. The van der Waals surface area contributed by atoms with Gasteiger partial charge in [0.05, 0.1) is 0 Å². The summed E-state index contributed by atoms with van der Waals surface area (Å²) < 4.78 is 5.55. The Morgan fingerprint density at radius 1 is 0.933 bits per heavy atom. The van der Waals surface area contributed by atoms with E-state index in [0.717, 1.165) is 25.7 Å². The van der Waals surface area contributed by atoms with Crippen LogP contribution in [0.15, 0.2) is 0 Å². The van der Waals surface area contributed by atoms with E-state index in [9.17, 15) is 0 Å². The van der Waals surface area contributed by atoms with Crippen LogP contribution in [0.2, 0.25) is 0 Å². The number of nitrogens with one attached hydrogen (secondary N) is 1. The molecule has 0 amide bonds. The van der Waals surface area contributed by atoms with Gasteiger partial charge < -0.3 is 10.1 Å². The molecule has 15 heavy (non-hydrogen) atoms. The third-order valence-corrected chi connectivity index (χ3v) is 2.36. The molecule has 0 atom stereocenters. The van der Waals surface area contributed by atoms with Crippen molar-refractivity contribution in [3.63, 3.8) is 0 Å². The maximum atomic E-state index is 5.55. The second-order valence-corrected chi connectivity index (χ2v) is 4.96. The molecule has 0 aliphatic rings. The number of rotatable bonds is 10. The van der Waals surface area contributed by atoms with Gasteiger partial charge in [-0.15, -0.1) is 0 Å². The molecule has 0 spiro atoms. The van der Waals surface area contributed by atoms with Crippen LogP contribution in [0.1, 0.15) is 53.4 Å². The Hall–Kier alpha value is -0.0800. The Bertz CT molecular complexity index is 110. The lowest BCUT2D eigenvalue weighted by Gasteiger charge is -2.08. The van der Waals surface area contributed by atoms with Crippen LogP contribution in [0.3, 0.4) is 0 Å². The Morgan fingerprint density at radius 3 is 2.27 bits per heavy atom. The average Bonchev–Trinajstić information content (AvgIpc) is 2.14. The molecule has 0 radical (unpaired) electrons. The van der Waals surface area contributed by atoms with Gasteiger partial charge in [-0.1, -0.05) is 27.7 Å². The zero-order valence-corrected chi connectivity index (χ0v) is 11.0. The largest absolute Gasteiger partial charge is 0.381 e. The molecule has 0 rings (SSSR count). The molecule has 0 saturated heterocycles. The van der Waals surface area contributed by atoms with Crippen molar-refractivity contribution in [2.75, 3.05) is 19.8 Å². The third-order valence-electron chi connectivity index (χ3n) is 2.36. The number of unbranched alkanes of at least 4 members (excludes halogenated alkanes) is 2. The highest BCUT2D eigenvalue weighted by Gasteiger charge is 1.95. The highest BCUT2D eigenvalue weighted by Crippen LogP contribution is 2.00. The first-order valence-electron chi connectivity index (χ1n) is 6.44. The molecule has 1 N–H and O–H groups in total. The molecule has 0 fully saturated rings.